The predicted octanol–water partition coefficient (Wildman–Crippen LogP) is 3.21. The standard InChI is InChI=1S/C15H21N3O/c1-5-11(2)16-18-15(19-4)12(3)14(17-18)13-9-7-6-8-10-13/h6-11,16H,5H2,1-4H3. The number of hydrogen-bond acceptors (Lipinski definition) is 3. The number of hydrogen-bond donors (Lipinski definition) is 1. The molecule has 0 spiro atoms. The second-order valence-corrected chi connectivity index (χ2v) is 4.70. The van der Waals surface area contributed by atoms with Crippen molar-refractivity contribution in [2.45, 2.75) is 33.2 Å². The van der Waals surface area contributed by atoms with Crippen LogP contribution in [0.25, 0.3) is 11.3 Å². The quantitative estimate of drug-likeness (QED) is 0.896. The highest BCUT2D eigenvalue weighted by atomic mass is 16.5. The third kappa shape index (κ3) is 2.72. The number of aromatic nitrogens is 2. The Morgan fingerprint density at radius 1 is 1.32 bits per heavy atom. The number of methoxy groups -OCH3 is 1. The maximum Gasteiger partial charge on any atom is 0.235 e. The number of rotatable bonds is 5. The first-order chi connectivity index (χ1) is 9.17. The van der Waals surface area contributed by atoms with E-state index in [4.69, 9.17) is 4.74 Å². The summed E-state index contributed by atoms with van der Waals surface area (Å²) in [6.45, 7) is 6.29. The van der Waals surface area contributed by atoms with Gasteiger partial charge < -0.3 is 10.2 Å². The number of ether oxygens (including phenoxy) is 1. The molecule has 4 heteroatoms. The lowest BCUT2D eigenvalue weighted by Crippen LogP contribution is -2.26. The molecule has 0 radical (unpaired) electrons. The third-order valence-electron chi connectivity index (χ3n) is 3.26. The molecule has 1 heterocycles. The summed E-state index contributed by atoms with van der Waals surface area (Å²) < 4.78 is 5.46. The van der Waals surface area contributed by atoms with Crippen LogP contribution in [0.15, 0.2) is 30.3 Å². The molecule has 2 rings (SSSR count). The molecule has 0 saturated heterocycles. The molecule has 0 aliphatic heterocycles. The highest BCUT2D eigenvalue weighted by Gasteiger charge is 2.17. The first kappa shape index (κ1) is 13.5. The Bertz CT molecular complexity index is 534. The molecule has 1 unspecified atom stereocenters. The molecule has 0 bridgehead atoms. The Kier molecular flexibility index (Phi) is 4.10. The Morgan fingerprint density at radius 2 is 2.00 bits per heavy atom. The zero-order valence-electron chi connectivity index (χ0n) is 12.0. The monoisotopic (exact) mass is 259 g/mol. The molecule has 0 fully saturated rings. The van der Waals surface area contributed by atoms with Crippen LogP contribution in [0.4, 0.5) is 0 Å². The lowest BCUT2D eigenvalue weighted by atomic mass is 10.1. The van der Waals surface area contributed by atoms with Gasteiger partial charge in [0.15, 0.2) is 0 Å². The second kappa shape index (κ2) is 5.78. The van der Waals surface area contributed by atoms with Crippen molar-refractivity contribution in [3.05, 3.63) is 35.9 Å². The average Bonchev–Trinajstić information content (AvgIpc) is 2.75. The van der Waals surface area contributed by atoms with Crippen molar-refractivity contribution in [2.75, 3.05) is 12.5 Å². The zero-order chi connectivity index (χ0) is 13.8. The van der Waals surface area contributed by atoms with Crippen molar-refractivity contribution in [1.29, 1.82) is 0 Å². The summed E-state index contributed by atoms with van der Waals surface area (Å²) in [5.41, 5.74) is 6.42. The summed E-state index contributed by atoms with van der Waals surface area (Å²) in [6.07, 6.45) is 1.03. The Morgan fingerprint density at radius 3 is 2.58 bits per heavy atom. The molecule has 1 aromatic heterocycles. The van der Waals surface area contributed by atoms with Gasteiger partial charge in [-0.05, 0) is 20.3 Å². The van der Waals surface area contributed by atoms with Gasteiger partial charge in [-0.2, -0.15) is 0 Å². The van der Waals surface area contributed by atoms with Gasteiger partial charge in [0.2, 0.25) is 5.88 Å². The smallest absolute Gasteiger partial charge is 0.235 e. The topological polar surface area (TPSA) is 39.1 Å². The molecular formula is C15H21N3O. The van der Waals surface area contributed by atoms with Gasteiger partial charge in [-0.15, -0.1) is 9.89 Å². The fraction of sp³-hybridized carbons (Fsp3) is 0.400. The van der Waals surface area contributed by atoms with Crippen molar-refractivity contribution in [2.24, 2.45) is 0 Å². The third-order valence-corrected chi connectivity index (χ3v) is 3.26. The average molecular weight is 259 g/mol. The SMILES string of the molecule is CCC(C)Nn1nc(-c2ccccc2)c(C)c1OC. The normalized spacial score (nSPS) is 12.2. The van der Waals surface area contributed by atoms with Gasteiger partial charge in [-0.1, -0.05) is 37.3 Å². The van der Waals surface area contributed by atoms with Gasteiger partial charge >= 0.3 is 0 Å². The van der Waals surface area contributed by atoms with E-state index < -0.39 is 0 Å². The Labute approximate surface area is 114 Å². The van der Waals surface area contributed by atoms with Gasteiger partial charge in [-0.3, -0.25) is 0 Å². The first-order valence-corrected chi connectivity index (χ1v) is 6.63. The van der Waals surface area contributed by atoms with E-state index in [0.29, 0.717) is 6.04 Å². The number of nitrogens with one attached hydrogen (secondary N) is 1. The van der Waals surface area contributed by atoms with Crippen LogP contribution in [0.5, 0.6) is 5.88 Å². The van der Waals surface area contributed by atoms with Crippen molar-refractivity contribution in [1.82, 2.24) is 9.89 Å². The van der Waals surface area contributed by atoms with E-state index in [-0.39, 0.29) is 0 Å². The van der Waals surface area contributed by atoms with E-state index in [2.05, 4.69) is 36.5 Å². The van der Waals surface area contributed by atoms with Gasteiger partial charge in [0, 0.05) is 17.2 Å². The predicted molar refractivity (Wildman–Crippen MR) is 78.1 cm³/mol. The van der Waals surface area contributed by atoms with Gasteiger partial charge in [0.25, 0.3) is 0 Å². The molecule has 0 amide bonds. The highest BCUT2D eigenvalue weighted by molar-refractivity contribution is 5.65. The van der Waals surface area contributed by atoms with Gasteiger partial charge in [0.1, 0.15) is 5.69 Å². The summed E-state index contributed by atoms with van der Waals surface area (Å²) in [6, 6.07) is 10.5. The second-order valence-electron chi connectivity index (χ2n) is 4.70. The summed E-state index contributed by atoms with van der Waals surface area (Å²) >= 11 is 0. The maximum atomic E-state index is 5.46. The highest BCUT2D eigenvalue weighted by Crippen LogP contribution is 2.28. The van der Waals surface area contributed by atoms with Crippen molar-refractivity contribution < 1.29 is 4.74 Å². The summed E-state index contributed by atoms with van der Waals surface area (Å²) in [4.78, 5) is 1.74. The van der Waals surface area contributed by atoms with E-state index in [1.165, 1.54) is 0 Å². The van der Waals surface area contributed by atoms with Crippen LogP contribution in [-0.4, -0.2) is 23.0 Å². The lowest BCUT2D eigenvalue weighted by molar-refractivity contribution is 0.367. The molecule has 1 atom stereocenters. The maximum absolute atomic E-state index is 5.46. The molecular weight excluding hydrogens is 238 g/mol. The lowest BCUT2D eigenvalue weighted by Gasteiger charge is -2.14. The molecule has 0 saturated carbocycles. The Hall–Kier alpha value is -1.97. The van der Waals surface area contributed by atoms with E-state index >= 15 is 0 Å². The van der Waals surface area contributed by atoms with Crippen LogP contribution in [0.3, 0.4) is 0 Å². The zero-order valence-corrected chi connectivity index (χ0v) is 12.0. The molecule has 1 aromatic carbocycles. The van der Waals surface area contributed by atoms with Crippen LogP contribution >= 0.6 is 0 Å². The van der Waals surface area contributed by atoms with Crippen LogP contribution in [0.1, 0.15) is 25.8 Å². The van der Waals surface area contributed by atoms with Crippen molar-refractivity contribution in [3.8, 4) is 17.1 Å². The molecule has 1 N–H and O–H groups in total. The fourth-order valence-electron chi connectivity index (χ4n) is 1.98. The molecule has 0 aliphatic carbocycles. The van der Waals surface area contributed by atoms with Crippen LogP contribution in [-0.2, 0) is 0 Å². The molecule has 4 nitrogen and oxygen atoms in total. The number of nitrogens with zero attached hydrogens (tertiary/aromatic N) is 2. The molecule has 19 heavy (non-hydrogen) atoms. The minimum atomic E-state index is 0.344. The van der Waals surface area contributed by atoms with Gasteiger partial charge in [0.05, 0.1) is 7.11 Å². The fourth-order valence-corrected chi connectivity index (χ4v) is 1.98. The van der Waals surface area contributed by atoms with E-state index in [0.717, 1.165) is 29.1 Å². The van der Waals surface area contributed by atoms with Crippen LogP contribution in [0, 0.1) is 6.92 Å². The van der Waals surface area contributed by atoms with E-state index in [9.17, 15) is 0 Å². The van der Waals surface area contributed by atoms with Crippen LogP contribution < -0.4 is 10.2 Å². The first-order valence-electron chi connectivity index (χ1n) is 6.63. The summed E-state index contributed by atoms with van der Waals surface area (Å²) in [5, 5.41) is 4.62. The molecule has 102 valence electrons. The van der Waals surface area contributed by atoms with E-state index in [1.807, 2.05) is 25.1 Å². The van der Waals surface area contributed by atoms with E-state index in [1.54, 1.807) is 11.9 Å². The number of benzene rings is 1. The van der Waals surface area contributed by atoms with Gasteiger partial charge in [-0.25, -0.2) is 0 Å². The minimum absolute atomic E-state index is 0.344. The molecule has 0 aliphatic rings. The van der Waals surface area contributed by atoms with Crippen LogP contribution in [0.2, 0.25) is 0 Å². The summed E-state index contributed by atoms with van der Waals surface area (Å²) in [5.74, 6) is 0.763. The van der Waals surface area contributed by atoms with Crippen molar-refractivity contribution in [3.63, 3.8) is 0 Å². The Balaban J connectivity index is 2.41. The largest absolute Gasteiger partial charge is 0.480 e. The summed E-state index contributed by atoms with van der Waals surface area (Å²) in [7, 11) is 1.67. The molecule has 2 aromatic rings. The minimum Gasteiger partial charge on any atom is -0.480 e. The van der Waals surface area contributed by atoms with Crippen molar-refractivity contribution >= 4 is 0 Å².